The molecule has 0 spiro atoms. The van der Waals surface area contributed by atoms with Crippen LogP contribution in [-0.4, -0.2) is 17.4 Å². The molecular weight excluding hydrogens is 232 g/mol. The van der Waals surface area contributed by atoms with E-state index in [4.69, 9.17) is 0 Å². The van der Waals surface area contributed by atoms with Gasteiger partial charge in [-0.2, -0.15) is 0 Å². The summed E-state index contributed by atoms with van der Waals surface area (Å²) in [5.41, 5.74) is 1.01. The van der Waals surface area contributed by atoms with E-state index in [0.717, 1.165) is 19.3 Å². The highest BCUT2D eigenvalue weighted by Gasteiger charge is 2.13. The summed E-state index contributed by atoms with van der Waals surface area (Å²) in [6.07, 6.45) is 3.14. The molecule has 1 amide bonds. The number of nitrogens with one attached hydrogen (secondary N) is 1. The Balaban J connectivity index is 2.64. The van der Waals surface area contributed by atoms with Gasteiger partial charge in [-0.3, -0.25) is 14.9 Å². The van der Waals surface area contributed by atoms with Crippen LogP contribution in [0.1, 0.15) is 42.1 Å². The van der Waals surface area contributed by atoms with Gasteiger partial charge >= 0.3 is 0 Å². The first-order valence-electron chi connectivity index (χ1n) is 6.09. The molecule has 0 saturated heterocycles. The fourth-order valence-corrected chi connectivity index (χ4v) is 1.68. The van der Waals surface area contributed by atoms with E-state index >= 15 is 0 Å². The minimum atomic E-state index is -0.446. The molecule has 5 nitrogen and oxygen atoms in total. The second-order valence-electron chi connectivity index (χ2n) is 4.22. The number of aryl methyl sites for hydroxylation is 1. The number of carbonyl (C=O) groups excluding carboxylic acids is 1. The summed E-state index contributed by atoms with van der Waals surface area (Å²) >= 11 is 0. The lowest BCUT2D eigenvalue weighted by Crippen LogP contribution is -2.24. The molecule has 1 aromatic rings. The first kappa shape index (κ1) is 14.2. The Morgan fingerprint density at radius 2 is 2.11 bits per heavy atom. The zero-order valence-corrected chi connectivity index (χ0v) is 10.7. The van der Waals surface area contributed by atoms with Crippen LogP contribution in [0.5, 0.6) is 0 Å². The molecule has 0 atom stereocenters. The smallest absolute Gasteiger partial charge is 0.272 e. The fourth-order valence-electron chi connectivity index (χ4n) is 1.68. The molecule has 0 fully saturated rings. The molecule has 0 radical (unpaired) electrons. The number of hydrogen-bond donors (Lipinski definition) is 1. The van der Waals surface area contributed by atoms with E-state index < -0.39 is 4.92 Å². The van der Waals surface area contributed by atoms with Crippen LogP contribution in [0.15, 0.2) is 18.2 Å². The number of nitro groups is 1. The lowest BCUT2D eigenvalue weighted by Gasteiger charge is -2.05. The topological polar surface area (TPSA) is 72.2 Å². The summed E-state index contributed by atoms with van der Waals surface area (Å²) in [6, 6.07) is 4.41. The number of nitrogens with zero attached hydrogens (tertiary/aromatic N) is 1. The van der Waals surface area contributed by atoms with Crippen molar-refractivity contribution in [2.75, 3.05) is 6.54 Å². The van der Waals surface area contributed by atoms with Crippen molar-refractivity contribution in [3.8, 4) is 0 Å². The minimum absolute atomic E-state index is 0.0394. The standard InChI is InChI=1S/C13H18N2O3/c1-3-4-5-8-14-13(16)11-6-7-12(15(17)18)10(2)9-11/h6-7,9H,3-5,8H2,1-2H3,(H,14,16). The van der Waals surface area contributed by atoms with Crippen molar-refractivity contribution in [3.63, 3.8) is 0 Å². The van der Waals surface area contributed by atoms with Gasteiger partial charge in [0.05, 0.1) is 4.92 Å². The van der Waals surface area contributed by atoms with Crippen molar-refractivity contribution in [1.82, 2.24) is 5.32 Å². The SMILES string of the molecule is CCCCCNC(=O)c1ccc([N+](=O)[O-])c(C)c1. The number of unbranched alkanes of at least 4 members (excludes halogenated alkanes) is 2. The first-order chi connectivity index (χ1) is 8.56. The van der Waals surface area contributed by atoms with Crippen molar-refractivity contribution >= 4 is 11.6 Å². The second kappa shape index (κ2) is 6.74. The second-order valence-corrected chi connectivity index (χ2v) is 4.22. The van der Waals surface area contributed by atoms with Crippen molar-refractivity contribution in [2.24, 2.45) is 0 Å². The Morgan fingerprint density at radius 1 is 1.39 bits per heavy atom. The van der Waals surface area contributed by atoms with Crippen molar-refractivity contribution in [3.05, 3.63) is 39.4 Å². The van der Waals surface area contributed by atoms with E-state index in [1.807, 2.05) is 0 Å². The van der Waals surface area contributed by atoms with Crippen LogP contribution in [0.4, 0.5) is 5.69 Å². The lowest BCUT2D eigenvalue weighted by molar-refractivity contribution is -0.385. The Labute approximate surface area is 106 Å². The molecule has 0 aliphatic heterocycles. The molecule has 1 N–H and O–H groups in total. The summed E-state index contributed by atoms with van der Waals surface area (Å²) in [5, 5.41) is 13.5. The average molecular weight is 250 g/mol. The van der Waals surface area contributed by atoms with Crippen LogP contribution in [0, 0.1) is 17.0 Å². The normalized spacial score (nSPS) is 10.1. The third-order valence-electron chi connectivity index (χ3n) is 2.72. The third-order valence-corrected chi connectivity index (χ3v) is 2.72. The van der Waals surface area contributed by atoms with Gasteiger partial charge in [-0.25, -0.2) is 0 Å². The summed E-state index contributed by atoms with van der Waals surface area (Å²) in [4.78, 5) is 22.0. The van der Waals surface area contributed by atoms with E-state index in [2.05, 4.69) is 12.2 Å². The van der Waals surface area contributed by atoms with Gasteiger partial charge in [-0.05, 0) is 25.5 Å². The summed E-state index contributed by atoms with van der Waals surface area (Å²) < 4.78 is 0. The number of rotatable bonds is 6. The molecule has 5 heteroatoms. The van der Waals surface area contributed by atoms with Crippen LogP contribution >= 0.6 is 0 Å². The van der Waals surface area contributed by atoms with Gasteiger partial charge in [0.2, 0.25) is 0 Å². The number of amides is 1. The molecule has 0 saturated carbocycles. The number of hydrogen-bond acceptors (Lipinski definition) is 3. The van der Waals surface area contributed by atoms with E-state index in [-0.39, 0.29) is 11.6 Å². The van der Waals surface area contributed by atoms with Gasteiger partial charge < -0.3 is 5.32 Å². The molecule has 1 rings (SSSR count). The Kier molecular flexibility index (Phi) is 5.30. The molecular formula is C13H18N2O3. The number of carbonyl (C=O) groups is 1. The maximum absolute atomic E-state index is 11.8. The van der Waals surface area contributed by atoms with Gasteiger partial charge in [0.15, 0.2) is 0 Å². The third kappa shape index (κ3) is 3.84. The summed E-state index contributed by atoms with van der Waals surface area (Å²) in [6.45, 7) is 4.37. The minimum Gasteiger partial charge on any atom is -0.352 e. The van der Waals surface area contributed by atoms with Gasteiger partial charge in [0, 0.05) is 23.7 Å². The van der Waals surface area contributed by atoms with Gasteiger partial charge in [0.1, 0.15) is 0 Å². The monoisotopic (exact) mass is 250 g/mol. The van der Waals surface area contributed by atoms with Crippen LogP contribution in [0.3, 0.4) is 0 Å². The van der Waals surface area contributed by atoms with Crippen LogP contribution in [0.2, 0.25) is 0 Å². The van der Waals surface area contributed by atoms with E-state index in [9.17, 15) is 14.9 Å². The summed E-state index contributed by atoms with van der Waals surface area (Å²) in [5.74, 6) is -0.177. The average Bonchev–Trinajstić information content (AvgIpc) is 2.33. The highest BCUT2D eigenvalue weighted by molar-refractivity contribution is 5.94. The van der Waals surface area contributed by atoms with Crippen LogP contribution < -0.4 is 5.32 Å². The maximum Gasteiger partial charge on any atom is 0.272 e. The molecule has 1 aromatic carbocycles. The molecule has 0 bridgehead atoms. The Hall–Kier alpha value is -1.91. The van der Waals surface area contributed by atoms with E-state index in [0.29, 0.717) is 17.7 Å². The number of benzene rings is 1. The van der Waals surface area contributed by atoms with E-state index in [1.54, 1.807) is 13.0 Å². The molecule has 0 heterocycles. The Bertz CT molecular complexity index is 444. The van der Waals surface area contributed by atoms with Crippen molar-refractivity contribution < 1.29 is 9.72 Å². The highest BCUT2D eigenvalue weighted by atomic mass is 16.6. The van der Waals surface area contributed by atoms with Gasteiger partial charge in [0.25, 0.3) is 11.6 Å². The zero-order chi connectivity index (χ0) is 13.5. The molecule has 0 aromatic heterocycles. The molecule has 0 aliphatic rings. The van der Waals surface area contributed by atoms with Crippen molar-refractivity contribution in [2.45, 2.75) is 33.1 Å². The van der Waals surface area contributed by atoms with E-state index in [1.165, 1.54) is 12.1 Å². The van der Waals surface area contributed by atoms with Crippen LogP contribution in [-0.2, 0) is 0 Å². The van der Waals surface area contributed by atoms with Crippen molar-refractivity contribution in [1.29, 1.82) is 0 Å². The predicted molar refractivity (Wildman–Crippen MR) is 69.7 cm³/mol. The van der Waals surface area contributed by atoms with Gasteiger partial charge in [-0.15, -0.1) is 0 Å². The predicted octanol–water partition coefficient (Wildman–Crippen LogP) is 2.82. The fraction of sp³-hybridized carbons (Fsp3) is 0.462. The largest absolute Gasteiger partial charge is 0.352 e. The van der Waals surface area contributed by atoms with Gasteiger partial charge in [-0.1, -0.05) is 19.8 Å². The first-order valence-corrected chi connectivity index (χ1v) is 6.09. The Morgan fingerprint density at radius 3 is 2.67 bits per heavy atom. The molecule has 0 aliphatic carbocycles. The summed E-state index contributed by atoms with van der Waals surface area (Å²) in [7, 11) is 0. The molecule has 0 unspecified atom stereocenters. The number of nitro benzene ring substituents is 1. The maximum atomic E-state index is 11.8. The van der Waals surface area contributed by atoms with Crippen LogP contribution in [0.25, 0.3) is 0 Å². The highest BCUT2D eigenvalue weighted by Crippen LogP contribution is 2.18. The lowest BCUT2D eigenvalue weighted by atomic mass is 10.1. The molecule has 98 valence electrons. The quantitative estimate of drug-likeness (QED) is 0.479. The molecule has 18 heavy (non-hydrogen) atoms. The zero-order valence-electron chi connectivity index (χ0n) is 10.7.